The SMILES string of the molecule is COc1ccc(/C(=C\C(=O)N2CCN(C(=O)c3cc(OC)c(OC)c(OC)c3)CC2)c2ccc(C)cc2)cc1OC. The van der Waals surface area contributed by atoms with Crippen LogP contribution in [0.5, 0.6) is 28.7 Å². The molecule has 0 atom stereocenters. The maximum Gasteiger partial charge on any atom is 0.254 e. The van der Waals surface area contributed by atoms with E-state index in [1.54, 1.807) is 42.2 Å². The van der Waals surface area contributed by atoms with Crippen molar-refractivity contribution in [3.05, 3.63) is 82.9 Å². The number of benzene rings is 3. The normalized spacial score (nSPS) is 13.5. The summed E-state index contributed by atoms with van der Waals surface area (Å²) in [4.78, 5) is 30.3. The number of carbonyl (C=O) groups is 2. The number of amides is 2. The van der Waals surface area contributed by atoms with Crippen molar-refractivity contribution >= 4 is 17.4 Å². The van der Waals surface area contributed by atoms with Gasteiger partial charge in [-0.3, -0.25) is 9.59 Å². The predicted octanol–water partition coefficient (Wildman–Crippen LogP) is 4.45. The molecule has 0 N–H and O–H groups in total. The Labute approximate surface area is 240 Å². The van der Waals surface area contributed by atoms with E-state index in [-0.39, 0.29) is 11.8 Å². The van der Waals surface area contributed by atoms with Crippen LogP contribution in [0.2, 0.25) is 0 Å². The van der Waals surface area contributed by atoms with E-state index in [1.165, 1.54) is 21.3 Å². The van der Waals surface area contributed by atoms with Gasteiger partial charge in [0, 0.05) is 37.8 Å². The molecule has 0 aromatic heterocycles. The average Bonchev–Trinajstić information content (AvgIpc) is 3.02. The zero-order valence-electron chi connectivity index (χ0n) is 24.4. The van der Waals surface area contributed by atoms with Crippen molar-refractivity contribution in [2.24, 2.45) is 0 Å². The smallest absolute Gasteiger partial charge is 0.254 e. The molecule has 216 valence electrons. The number of hydrogen-bond acceptors (Lipinski definition) is 7. The molecule has 1 aliphatic rings. The Morgan fingerprint density at radius 3 is 1.66 bits per heavy atom. The van der Waals surface area contributed by atoms with Crippen LogP contribution >= 0.6 is 0 Å². The van der Waals surface area contributed by atoms with Gasteiger partial charge in [0.15, 0.2) is 23.0 Å². The van der Waals surface area contributed by atoms with Crippen LogP contribution in [0.1, 0.15) is 27.0 Å². The van der Waals surface area contributed by atoms with Crippen molar-refractivity contribution in [2.75, 3.05) is 61.7 Å². The summed E-state index contributed by atoms with van der Waals surface area (Å²) in [7, 11) is 7.71. The molecular weight excluding hydrogens is 524 g/mol. The Hall–Kier alpha value is -4.66. The minimum atomic E-state index is -0.169. The molecule has 3 aromatic rings. The highest BCUT2D eigenvalue weighted by molar-refractivity contribution is 6.00. The first-order valence-corrected chi connectivity index (χ1v) is 13.2. The number of aryl methyl sites for hydroxylation is 1. The number of methoxy groups -OCH3 is 5. The second kappa shape index (κ2) is 13.1. The van der Waals surface area contributed by atoms with Crippen LogP contribution in [0.15, 0.2) is 60.7 Å². The summed E-state index contributed by atoms with van der Waals surface area (Å²) in [6.07, 6.45) is 1.66. The number of hydrogen-bond donors (Lipinski definition) is 0. The van der Waals surface area contributed by atoms with Gasteiger partial charge in [-0.1, -0.05) is 35.9 Å². The fraction of sp³-hybridized carbons (Fsp3) is 0.312. The van der Waals surface area contributed by atoms with E-state index in [0.29, 0.717) is 60.5 Å². The molecule has 0 aliphatic carbocycles. The topological polar surface area (TPSA) is 86.8 Å². The quantitative estimate of drug-likeness (QED) is 0.357. The fourth-order valence-corrected chi connectivity index (χ4v) is 4.80. The molecule has 1 fully saturated rings. The van der Waals surface area contributed by atoms with Crippen molar-refractivity contribution in [3.8, 4) is 28.7 Å². The molecule has 4 rings (SSSR count). The summed E-state index contributed by atoms with van der Waals surface area (Å²) in [5.41, 5.74) is 4.06. The molecule has 1 saturated heterocycles. The van der Waals surface area contributed by atoms with Crippen LogP contribution in [-0.4, -0.2) is 83.3 Å². The molecular formula is C32H36N2O7. The molecule has 0 bridgehead atoms. The summed E-state index contributed by atoms with van der Waals surface area (Å²) in [6.45, 7) is 3.61. The minimum absolute atomic E-state index is 0.129. The maximum absolute atomic E-state index is 13.5. The van der Waals surface area contributed by atoms with Gasteiger partial charge in [-0.05, 0) is 47.9 Å². The maximum atomic E-state index is 13.5. The molecule has 0 saturated carbocycles. The molecule has 0 radical (unpaired) electrons. The second-order valence-corrected chi connectivity index (χ2v) is 9.53. The standard InChI is InChI=1S/C32H36N2O7/c1-21-7-9-22(10-8-21)25(23-11-12-26(37-2)27(17-23)38-3)20-30(35)33-13-15-34(16-14-33)32(36)24-18-28(39-4)31(41-6)29(19-24)40-5/h7-12,17-20H,13-16H2,1-6H3/b25-20-. The Balaban J connectivity index is 1.55. The zero-order valence-corrected chi connectivity index (χ0v) is 24.4. The summed E-state index contributed by atoms with van der Waals surface area (Å²) >= 11 is 0. The van der Waals surface area contributed by atoms with Crippen LogP contribution in [0.25, 0.3) is 5.57 Å². The molecule has 0 spiro atoms. The Morgan fingerprint density at radius 2 is 1.12 bits per heavy atom. The van der Waals surface area contributed by atoms with Crippen molar-refractivity contribution in [1.82, 2.24) is 9.80 Å². The monoisotopic (exact) mass is 560 g/mol. The number of rotatable bonds is 9. The summed E-state index contributed by atoms with van der Waals surface area (Å²) in [6, 6.07) is 16.9. The van der Waals surface area contributed by atoms with Gasteiger partial charge >= 0.3 is 0 Å². The fourth-order valence-electron chi connectivity index (χ4n) is 4.80. The highest BCUT2D eigenvalue weighted by Gasteiger charge is 2.26. The van der Waals surface area contributed by atoms with Gasteiger partial charge in [0.05, 0.1) is 35.5 Å². The molecule has 1 aliphatic heterocycles. The second-order valence-electron chi connectivity index (χ2n) is 9.53. The van der Waals surface area contributed by atoms with E-state index in [4.69, 9.17) is 23.7 Å². The molecule has 1 heterocycles. The van der Waals surface area contributed by atoms with Gasteiger partial charge in [0.25, 0.3) is 5.91 Å². The van der Waals surface area contributed by atoms with Crippen molar-refractivity contribution in [3.63, 3.8) is 0 Å². The van der Waals surface area contributed by atoms with Crippen LogP contribution in [0.3, 0.4) is 0 Å². The molecule has 3 aromatic carbocycles. The van der Waals surface area contributed by atoms with Crippen molar-refractivity contribution in [1.29, 1.82) is 0 Å². The number of ether oxygens (including phenoxy) is 5. The summed E-state index contributed by atoms with van der Waals surface area (Å²) in [5, 5.41) is 0. The minimum Gasteiger partial charge on any atom is -0.493 e. The third kappa shape index (κ3) is 6.40. The van der Waals surface area contributed by atoms with E-state index < -0.39 is 0 Å². The van der Waals surface area contributed by atoms with Gasteiger partial charge in [-0.25, -0.2) is 0 Å². The Bertz CT molecular complexity index is 1400. The molecule has 2 amide bonds. The van der Waals surface area contributed by atoms with Crippen LogP contribution in [0.4, 0.5) is 0 Å². The van der Waals surface area contributed by atoms with Crippen molar-refractivity contribution in [2.45, 2.75) is 6.92 Å². The van der Waals surface area contributed by atoms with Gasteiger partial charge in [-0.15, -0.1) is 0 Å². The first kappa shape index (κ1) is 29.3. The molecule has 9 nitrogen and oxygen atoms in total. The lowest BCUT2D eigenvalue weighted by atomic mass is 9.96. The Kier molecular flexibility index (Phi) is 9.39. The van der Waals surface area contributed by atoms with Crippen LogP contribution < -0.4 is 23.7 Å². The van der Waals surface area contributed by atoms with Gasteiger partial charge in [0.1, 0.15) is 0 Å². The zero-order chi connectivity index (χ0) is 29.5. The van der Waals surface area contributed by atoms with Gasteiger partial charge in [-0.2, -0.15) is 0 Å². The van der Waals surface area contributed by atoms with E-state index in [9.17, 15) is 9.59 Å². The largest absolute Gasteiger partial charge is 0.493 e. The third-order valence-electron chi connectivity index (χ3n) is 7.12. The Morgan fingerprint density at radius 1 is 0.610 bits per heavy atom. The summed E-state index contributed by atoms with van der Waals surface area (Å²) in [5.74, 6) is 2.13. The predicted molar refractivity (Wildman–Crippen MR) is 156 cm³/mol. The van der Waals surface area contributed by atoms with E-state index >= 15 is 0 Å². The van der Waals surface area contributed by atoms with E-state index in [1.807, 2.05) is 49.4 Å². The first-order chi connectivity index (χ1) is 19.8. The third-order valence-corrected chi connectivity index (χ3v) is 7.12. The van der Waals surface area contributed by atoms with Gasteiger partial charge in [0.2, 0.25) is 11.7 Å². The molecule has 41 heavy (non-hydrogen) atoms. The molecule has 0 unspecified atom stereocenters. The first-order valence-electron chi connectivity index (χ1n) is 13.2. The molecule has 9 heteroatoms. The lowest BCUT2D eigenvalue weighted by molar-refractivity contribution is -0.127. The highest BCUT2D eigenvalue weighted by atomic mass is 16.5. The van der Waals surface area contributed by atoms with E-state index in [0.717, 1.165) is 22.3 Å². The lowest BCUT2D eigenvalue weighted by Gasteiger charge is -2.34. The number of nitrogens with zero attached hydrogens (tertiary/aromatic N) is 2. The lowest BCUT2D eigenvalue weighted by Crippen LogP contribution is -2.50. The van der Waals surface area contributed by atoms with Crippen molar-refractivity contribution < 1.29 is 33.3 Å². The number of carbonyl (C=O) groups excluding carboxylic acids is 2. The summed E-state index contributed by atoms with van der Waals surface area (Å²) < 4.78 is 27.1. The number of piperazine rings is 1. The highest BCUT2D eigenvalue weighted by Crippen LogP contribution is 2.38. The van der Waals surface area contributed by atoms with Crippen LogP contribution in [-0.2, 0) is 4.79 Å². The van der Waals surface area contributed by atoms with Crippen LogP contribution in [0, 0.1) is 6.92 Å². The van der Waals surface area contributed by atoms with E-state index in [2.05, 4.69) is 0 Å². The average molecular weight is 561 g/mol. The van der Waals surface area contributed by atoms with Gasteiger partial charge < -0.3 is 33.5 Å².